The van der Waals surface area contributed by atoms with Crippen LogP contribution in [-0.2, 0) is 0 Å². The summed E-state index contributed by atoms with van der Waals surface area (Å²) in [7, 11) is 0. The second kappa shape index (κ2) is 6.09. The van der Waals surface area contributed by atoms with E-state index in [9.17, 15) is 0 Å². The molecule has 1 rings (SSSR count). The summed E-state index contributed by atoms with van der Waals surface area (Å²) in [6, 6.07) is 0. The van der Waals surface area contributed by atoms with E-state index in [1.165, 1.54) is 0 Å². The molecule has 1 fully saturated rings. The van der Waals surface area contributed by atoms with Crippen molar-refractivity contribution in [2.45, 2.75) is 25.2 Å². The highest BCUT2D eigenvalue weighted by Gasteiger charge is 2.18. The highest BCUT2D eigenvalue weighted by molar-refractivity contribution is 5.46. The van der Waals surface area contributed by atoms with Gasteiger partial charge >= 0.3 is 0 Å². The van der Waals surface area contributed by atoms with Gasteiger partial charge in [-0.3, -0.25) is 10.7 Å². The molecule has 1 aliphatic rings. The van der Waals surface area contributed by atoms with Gasteiger partial charge in [0, 0.05) is 0 Å². The number of aliphatic hydroxyl groups is 2. The highest BCUT2D eigenvalue weighted by Crippen LogP contribution is 2.04. The van der Waals surface area contributed by atoms with E-state index < -0.39 is 12.3 Å². The first-order chi connectivity index (χ1) is 5.22. The SMILES string of the molecule is N=CN.OC1CCCNC1O. The predicted molar refractivity (Wildman–Crippen MR) is 42.2 cm³/mol. The summed E-state index contributed by atoms with van der Waals surface area (Å²) < 4.78 is 0. The van der Waals surface area contributed by atoms with Crippen LogP contribution in [0.3, 0.4) is 0 Å². The average molecular weight is 161 g/mol. The zero-order valence-electron chi connectivity index (χ0n) is 6.33. The Hall–Kier alpha value is -0.650. The molecule has 66 valence electrons. The molecule has 0 aromatic rings. The fourth-order valence-corrected chi connectivity index (χ4v) is 0.855. The molecule has 0 spiro atoms. The van der Waals surface area contributed by atoms with Gasteiger partial charge in [-0.15, -0.1) is 0 Å². The van der Waals surface area contributed by atoms with Crippen LogP contribution in [0.25, 0.3) is 0 Å². The minimum absolute atomic E-state index is 0.552. The lowest BCUT2D eigenvalue weighted by molar-refractivity contribution is -0.0226. The number of hydrogen-bond donors (Lipinski definition) is 5. The molecule has 11 heavy (non-hydrogen) atoms. The van der Waals surface area contributed by atoms with Crippen LogP contribution < -0.4 is 11.1 Å². The lowest BCUT2D eigenvalue weighted by Gasteiger charge is -2.23. The quantitative estimate of drug-likeness (QED) is 0.223. The molecule has 0 amide bonds. The highest BCUT2D eigenvalue weighted by atomic mass is 16.3. The van der Waals surface area contributed by atoms with E-state index >= 15 is 0 Å². The molecule has 2 atom stereocenters. The first kappa shape index (κ1) is 10.3. The zero-order chi connectivity index (χ0) is 8.69. The van der Waals surface area contributed by atoms with Crippen molar-refractivity contribution in [2.75, 3.05) is 6.54 Å². The molecule has 1 heterocycles. The van der Waals surface area contributed by atoms with E-state index in [-0.39, 0.29) is 0 Å². The Morgan fingerprint density at radius 3 is 2.36 bits per heavy atom. The summed E-state index contributed by atoms with van der Waals surface area (Å²) in [4.78, 5) is 0. The molecule has 0 radical (unpaired) electrons. The van der Waals surface area contributed by atoms with Crippen LogP contribution in [0.4, 0.5) is 0 Å². The van der Waals surface area contributed by atoms with Crippen LogP contribution >= 0.6 is 0 Å². The van der Waals surface area contributed by atoms with Crippen molar-refractivity contribution >= 4 is 6.34 Å². The Labute approximate surface area is 65.7 Å². The van der Waals surface area contributed by atoms with Crippen molar-refractivity contribution in [3.05, 3.63) is 0 Å². The van der Waals surface area contributed by atoms with Crippen molar-refractivity contribution in [1.82, 2.24) is 5.32 Å². The minimum atomic E-state index is -0.691. The van der Waals surface area contributed by atoms with Crippen molar-refractivity contribution in [1.29, 1.82) is 5.41 Å². The Balaban J connectivity index is 0.000000292. The van der Waals surface area contributed by atoms with Gasteiger partial charge in [-0.2, -0.15) is 0 Å². The second-order valence-electron chi connectivity index (χ2n) is 2.28. The first-order valence-electron chi connectivity index (χ1n) is 3.52. The van der Waals surface area contributed by atoms with Crippen LogP contribution in [-0.4, -0.2) is 35.4 Å². The number of nitrogens with one attached hydrogen (secondary N) is 2. The molecule has 0 aromatic carbocycles. The summed E-state index contributed by atoms with van der Waals surface area (Å²) >= 11 is 0. The second-order valence-corrected chi connectivity index (χ2v) is 2.28. The number of rotatable bonds is 0. The molecule has 2 unspecified atom stereocenters. The number of aliphatic hydroxyl groups excluding tert-OH is 2. The number of piperidine rings is 1. The van der Waals surface area contributed by atoms with Crippen molar-refractivity contribution in [3.63, 3.8) is 0 Å². The third-order valence-electron chi connectivity index (χ3n) is 1.39. The number of hydrogen-bond acceptors (Lipinski definition) is 4. The van der Waals surface area contributed by atoms with Crippen LogP contribution in [0, 0.1) is 5.41 Å². The molecule has 0 aliphatic carbocycles. The summed E-state index contributed by atoms with van der Waals surface area (Å²) in [6.07, 6.45) is 1.18. The first-order valence-corrected chi connectivity index (χ1v) is 3.52. The molecular formula is C6H15N3O2. The van der Waals surface area contributed by atoms with Gasteiger partial charge in [0.2, 0.25) is 0 Å². The minimum Gasteiger partial charge on any atom is -0.390 e. The summed E-state index contributed by atoms with van der Waals surface area (Å²) in [6.45, 7) is 0.818. The van der Waals surface area contributed by atoms with Gasteiger partial charge in [0.05, 0.1) is 12.4 Å². The van der Waals surface area contributed by atoms with Gasteiger partial charge in [-0.25, -0.2) is 0 Å². The van der Waals surface area contributed by atoms with Crippen LogP contribution in [0.5, 0.6) is 0 Å². The fourth-order valence-electron chi connectivity index (χ4n) is 0.855. The molecule has 5 nitrogen and oxygen atoms in total. The van der Waals surface area contributed by atoms with Gasteiger partial charge in [0.25, 0.3) is 0 Å². The van der Waals surface area contributed by atoms with E-state index in [2.05, 4.69) is 11.1 Å². The summed E-state index contributed by atoms with van der Waals surface area (Å²) in [5.41, 5.74) is 4.39. The maximum absolute atomic E-state index is 8.87. The van der Waals surface area contributed by atoms with Gasteiger partial charge in [-0.1, -0.05) is 0 Å². The Kier molecular flexibility index (Phi) is 5.73. The standard InChI is InChI=1S/C5H11NO2.CH4N2/c7-4-2-1-3-6-5(4)8;2-1-3/h4-8H,1-3H2;1H,(H3,2,3). The van der Waals surface area contributed by atoms with Crippen molar-refractivity contribution in [3.8, 4) is 0 Å². The lowest BCUT2D eigenvalue weighted by Crippen LogP contribution is -2.44. The van der Waals surface area contributed by atoms with E-state index in [4.69, 9.17) is 15.6 Å². The Morgan fingerprint density at radius 1 is 1.55 bits per heavy atom. The van der Waals surface area contributed by atoms with Gasteiger partial charge in [-0.05, 0) is 19.4 Å². The molecular weight excluding hydrogens is 146 g/mol. The molecule has 1 aliphatic heterocycles. The molecule has 5 heteroatoms. The smallest absolute Gasteiger partial charge is 0.131 e. The van der Waals surface area contributed by atoms with Gasteiger partial charge < -0.3 is 15.9 Å². The zero-order valence-corrected chi connectivity index (χ0v) is 6.33. The van der Waals surface area contributed by atoms with Crippen molar-refractivity contribution < 1.29 is 10.2 Å². The van der Waals surface area contributed by atoms with Gasteiger partial charge in [0.1, 0.15) is 6.23 Å². The Morgan fingerprint density at radius 2 is 2.09 bits per heavy atom. The largest absolute Gasteiger partial charge is 0.390 e. The molecule has 0 aromatic heterocycles. The monoisotopic (exact) mass is 161 g/mol. The fraction of sp³-hybridized carbons (Fsp3) is 0.833. The Bertz CT molecular complexity index is 100. The van der Waals surface area contributed by atoms with E-state index in [1.807, 2.05) is 0 Å². The normalized spacial score (nSPS) is 30.0. The van der Waals surface area contributed by atoms with Crippen LogP contribution in [0.1, 0.15) is 12.8 Å². The molecule has 0 saturated carbocycles. The number of nitrogens with two attached hydrogens (primary N) is 1. The van der Waals surface area contributed by atoms with Crippen molar-refractivity contribution in [2.24, 2.45) is 5.73 Å². The van der Waals surface area contributed by atoms with Gasteiger partial charge in [0.15, 0.2) is 0 Å². The predicted octanol–water partition coefficient (Wildman–Crippen LogP) is -1.40. The van der Waals surface area contributed by atoms with E-state index in [0.717, 1.165) is 19.3 Å². The topological polar surface area (TPSA) is 102 Å². The molecule has 0 bridgehead atoms. The summed E-state index contributed by atoms with van der Waals surface area (Å²) in [5, 5.41) is 26.3. The average Bonchev–Trinajstić information content (AvgIpc) is 1.97. The summed E-state index contributed by atoms with van der Waals surface area (Å²) in [5.74, 6) is 0. The van der Waals surface area contributed by atoms with Crippen LogP contribution in [0.15, 0.2) is 0 Å². The van der Waals surface area contributed by atoms with E-state index in [1.54, 1.807) is 0 Å². The third-order valence-corrected chi connectivity index (χ3v) is 1.39. The maximum atomic E-state index is 8.87. The van der Waals surface area contributed by atoms with Crippen LogP contribution in [0.2, 0.25) is 0 Å². The molecule has 1 saturated heterocycles. The lowest BCUT2D eigenvalue weighted by atomic mass is 10.1. The molecule has 6 N–H and O–H groups in total. The third kappa shape index (κ3) is 4.72. The maximum Gasteiger partial charge on any atom is 0.131 e. The van der Waals surface area contributed by atoms with E-state index in [0.29, 0.717) is 6.42 Å².